The van der Waals surface area contributed by atoms with Crippen LogP contribution in [0.25, 0.3) is 22.1 Å². The van der Waals surface area contributed by atoms with Gasteiger partial charge in [-0.15, -0.1) is 0 Å². The summed E-state index contributed by atoms with van der Waals surface area (Å²) in [6.07, 6.45) is 1.70. The largest absolute Gasteiger partial charge is 0.508 e. The number of alkyl carbamates (subject to hydrolysis) is 1. The van der Waals surface area contributed by atoms with E-state index in [0.717, 1.165) is 44.3 Å². The van der Waals surface area contributed by atoms with Crippen LogP contribution < -0.4 is 21.7 Å². The summed E-state index contributed by atoms with van der Waals surface area (Å²) in [5.74, 6) is -1.75. The van der Waals surface area contributed by atoms with Crippen LogP contribution in [0.3, 0.4) is 0 Å². The van der Waals surface area contributed by atoms with Crippen LogP contribution in [0.15, 0.2) is 126 Å². The topological polar surface area (TPSA) is 449 Å². The maximum Gasteiger partial charge on any atom is 0.407 e. The number of benzene rings is 5. The lowest BCUT2D eigenvalue weighted by Gasteiger charge is -2.19. The number of esters is 3. The molecule has 0 bridgehead atoms. The summed E-state index contributed by atoms with van der Waals surface area (Å²) in [5, 5.41) is 53.8. The highest BCUT2D eigenvalue weighted by Gasteiger charge is 2.25. The average molecular weight is 1210 g/mol. The molecule has 0 fully saturated rings. The normalized spacial score (nSPS) is 9.91. The molecule has 5 aromatic carbocycles. The van der Waals surface area contributed by atoms with Crippen molar-refractivity contribution < 1.29 is 110 Å². The van der Waals surface area contributed by atoms with Crippen molar-refractivity contribution in [1.29, 1.82) is 0 Å². The molecule has 1 unspecified atom stereocenters. The number of aliphatic hydroxyl groups excluding tert-OH is 2. The third-order valence-electron chi connectivity index (χ3n) is 9.00. The van der Waals surface area contributed by atoms with Gasteiger partial charge in [-0.25, -0.2) is 9.59 Å². The maximum atomic E-state index is 11.8. The first-order chi connectivity index (χ1) is 39.8. The monoisotopic (exact) mass is 1210 g/mol. The molecule has 0 radical (unpaired) electrons. The molecule has 27 nitrogen and oxygen atoms in total. The molecule has 6 rings (SSSR count). The van der Waals surface area contributed by atoms with Gasteiger partial charge in [-0.2, -0.15) is 27.6 Å². The number of hydrogen-bond acceptors (Lipinski definition) is 22. The molecular formula is C57H72N4O23S. The number of fused-ring (bicyclic) bond motifs is 1. The standard InChI is InChI=1S/C21H23NO4.C12H15NO4.C9H11NO2.C7H9NO.C4H6O3.C2H6O.2CO2.H2O4S/c1-21(2,3)26-20(24)22-12-14-5-4-6-16(9-14)18-11-15(13-23)10-17-7-8-25-19(17)18;1-3-17-12(16)11(13-8(2)14)9-6-4-5-7-10(9)15;1-7(11)10-6-8-4-2-3-5-9(8)12;8-5-6-3-1-2-4-7(6)9;1-3(5)7-4(2)6;1-2-3;2*2-1-3;1-5(2,3)4/h4-11,23H,12-13H2,1-3H3,(H,22,24);4-7,11,15H,3H2,1-2H3,(H,13,14);2-5,12H,6H2,1H3,(H,10,11);1-4,9H,5,8H2;1-2H3;3H,2H2,1H3;;;(H2,1,2,3,4). The first-order valence-electron chi connectivity index (χ1n) is 24.7. The van der Waals surface area contributed by atoms with Crippen LogP contribution in [0.1, 0.15) is 96.2 Å². The van der Waals surface area contributed by atoms with E-state index in [1.54, 1.807) is 74.7 Å². The van der Waals surface area contributed by atoms with E-state index in [2.05, 4.69) is 20.7 Å². The molecule has 12 N–H and O–H groups in total. The number of aliphatic hydroxyl groups is 2. The molecule has 3 amide bonds. The van der Waals surface area contributed by atoms with E-state index in [1.807, 2.05) is 75.4 Å². The number of phenols is 3. The summed E-state index contributed by atoms with van der Waals surface area (Å²) >= 11 is 0. The van der Waals surface area contributed by atoms with Crippen LogP contribution >= 0.6 is 0 Å². The van der Waals surface area contributed by atoms with E-state index in [0.29, 0.717) is 25.2 Å². The highest BCUT2D eigenvalue weighted by Crippen LogP contribution is 2.32. The molecule has 1 aromatic heterocycles. The molecule has 0 saturated heterocycles. The number of phenolic OH excluding ortho intramolecular Hbond substituents is 3. The van der Waals surface area contributed by atoms with Crippen molar-refractivity contribution in [1.82, 2.24) is 16.0 Å². The highest BCUT2D eigenvalue weighted by atomic mass is 32.3. The molecular weight excluding hydrogens is 1140 g/mol. The van der Waals surface area contributed by atoms with Crippen molar-refractivity contribution in [2.45, 2.75) is 100 Å². The fourth-order valence-corrected chi connectivity index (χ4v) is 5.98. The van der Waals surface area contributed by atoms with Crippen LogP contribution in [0, 0.1) is 0 Å². The molecule has 0 aliphatic carbocycles. The number of nitrogens with one attached hydrogen (secondary N) is 3. The minimum absolute atomic E-state index is 0.0337. The molecule has 28 heteroatoms. The fraction of sp³-hybridized carbons (Fsp3) is 0.298. The first-order valence-corrected chi connectivity index (χ1v) is 26.1. The van der Waals surface area contributed by atoms with Crippen LogP contribution in [0.4, 0.5) is 4.79 Å². The summed E-state index contributed by atoms with van der Waals surface area (Å²) in [7, 11) is -4.67. The van der Waals surface area contributed by atoms with Crippen LogP contribution in [-0.2, 0) is 94.0 Å². The summed E-state index contributed by atoms with van der Waals surface area (Å²) in [5.41, 5.74) is 11.0. The van der Waals surface area contributed by atoms with Crippen molar-refractivity contribution in [3.8, 4) is 28.4 Å². The van der Waals surface area contributed by atoms with Gasteiger partial charge in [-0.1, -0.05) is 72.8 Å². The van der Waals surface area contributed by atoms with Crippen molar-refractivity contribution >= 4 is 69.5 Å². The number of rotatable bonds is 11. The van der Waals surface area contributed by atoms with Crippen LogP contribution in [0.2, 0.25) is 0 Å². The predicted molar refractivity (Wildman–Crippen MR) is 303 cm³/mol. The molecule has 464 valence electrons. The van der Waals surface area contributed by atoms with Gasteiger partial charge in [0, 0.05) is 81.6 Å². The Kier molecular flexibility index (Phi) is 42.1. The fourth-order valence-electron chi connectivity index (χ4n) is 5.98. The van der Waals surface area contributed by atoms with Crippen molar-refractivity contribution in [2.24, 2.45) is 5.73 Å². The van der Waals surface area contributed by atoms with E-state index in [4.69, 9.17) is 66.5 Å². The second-order valence-corrected chi connectivity index (χ2v) is 17.9. The van der Waals surface area contributed by atoms with Gasteiger partial charge in [0.15, 0.2) is 6.04 Å². The lowest BCUT2D eigenvalue weighted by molar-refractivity contribution is -0.193. The molecule has 0 saturated carbocycles. The molecule has 1 heterocycles. The Bertz CT molecular complexity index is 3130. The van der Waals surface area contributed by atoms with E-state index in [-0.39, 0.29) is 61.2 Å². The van der Waals surface area contributed by atoms with Crippen LogP contribution in [0.5, 0.6) is 17.2 Å². The Hall–Kier alpha value is -9.63. The number of aromatic hydroxyl groups is 3. The number of hydrogen-bond donors (Lipinski definition) is 11. The summed E-state index contributed by atoms with van der Waals surface area (Å²) in [4.78, 5) is 97.2. The molecule has 85 heavy (non-hydrogen) atoms. The zero-order chi connectivity index (χ0) is 65.7. The van der Waals surface area contributed by atoms with Gasteiger partial charge in [0.2, 0.25) is 11.8 Å². The van der Waals surface area contributed by atoms with Crippen molar-refractivity contribution in [2.75, 3.05) is 13.2 Å². The lowest BCUT2D eigenvalue weighted by Crippen LogP contribution is -2.33. The summed E-state index contributed by atoms with van der Waals surface area (Å²) in [6, 6.07) is 32.9. The van der Waals surface area contributed by atoms with Gasteiger partial charge in [0.05, 0.1) is 19.5 Å². The SMILES string of the molecule is CC(=O)NCc1ccccc1O.CC(=O)OC(C)=O.CC(C)(C)OC(=O)NCc1cccc(-c2cc(CO)cc3ccoc23)c1.CCO.CCOC(=O)C(NC(C)=O)c1ccccc1O.NCc1ccccc1O.O=C=O.O=C=O.O=S(=O)(O)O. The maximum absolute atomic E-state index is 11.8. The molecule has 0 aliphatic rings. The van der Waals surface area contributed by atoms with Crippen molar-refractivity contribution in [3.05, 3.63) is 149 Å². The number of amides is 3. The molecule has 0 aliphatic heterocycles. The number of furan rings is 1. The first kappa shape index (κ1) is 79.6. The number of para-hydroxylation sites is 3. The Morgan fingerprint density at radius 1 is 0.659 bits per heavy atom. The van der Waals surface area contributed by atoms with Gasteiger partial charge in [-0.05, 0) is 93.8 Å². The third kappa shape index (κ3) is 41.1. The number of ether oxygens (including phenoxy) is 3. The quantitative estimate of drug-likeness (QED) is 0.0311. The molecule has 6 aromatic rings. The Morgan fingerprint density at radius 3 is 1.56 bits per heavy atom. The Balaban J connectivity index is -0.000000990. The molecule has 0 spiro atoms. The minimum Gasteiger partial charge on any atom is -0.508 e. The van der Waals surface area contributed by atoms with Crippen LogP contribution in [-0.4, -0.2) is 110 Å². The van der Waals surface area contributed by atoms with Gasteiger partial charge < -0.3 is 65.8 Å². The number of nitrogens with two attached hydrogens (primary N) is 1. The zero-order valence-electron chi connectivity index (χ0n) is 48.0. The van der Waals surface area contributed by atoms with Gasteiger partial charge in [-0.3, -0.25) is 28.3 Å². The third-order valence-corrected chi connectivity index (χ3v) is 9.00. The second-order valence-electron chi connectivity index (χ2n) is 17.0. The summed E-state index contributed by atoms with van der Waals surface area (Å²) in [6.45, 7) is 15.5. The molecule has 1 atom stereocenters. The zero-order valence-corrected chi connectivity index (χ0v) is 48.8. The predicted octanol–water partition coefficient (Wildman–Crippen LogP) is 5.90. The van der Waals surface area contributed by atoms with E-state index in [1.165, 1.54) is 33.8 Å². The van der Waals surface area contributed by atoms with Gasteiger partial charge >= 0.3 is 46.7 Å². The smallest absolute Gasteiger partial charge is 0.407 e. The van der Waals surface area contributed by atoms with Crippen molar-refractivity contribution in [3.63, 3.8) is 0 Å². The van der Waals surface area contributed by atoms with E-state index >= 15 is 0 Å². The Morgan fingerprint density at radius 2 is 1.15 bits per heavy atom. The Labute approximate surface area is 490 Å². The van der Waals surface area contributed by atoms with Gasteiger partial charge in [0.1, 0.15) is 28.4 Å². The van der Waals surface area contributed by atoms with Gasteiger partial charge in [0.25, 0.3) is 0 Å². The highest BCUT2D eigenvalue weighted by molar-refractivity contribution is 7.79. The number of carbonyl (C=O) groups excluding carboxylic acids is 10. The second kappa shape index (κ2) is 45.0. The summed E-state index contributed by atoms with van der Waals surface area (Å²) < 4.78 is 51.3. The minimum atomic E-state index is -4.67. The average Bonchev–Trinajstić information content (AvgIpc) is 2.70. The lowest BCUT2D eigenvalue weighted by atomic mass is 9.99. The van der Waals surface area contributed by atoms with E-state index < -0.39 is 46.0 Å². The number of carbonyl (C=O) groups is 6. The van der Waals surface area contributed by atoms with E-state index in [9.17, 15) is 44.1 Å².